The van der Waals surface area contributed by atoms with Gasteiger partial charge >= 0.3 is 16.1 Å². The Morgan fingerprint density at radius 1 is 1.29 bits per heavy atom. The zero-order valence-electron chi connectivity index (χ0n) is 9.20. The van der Waals surface area contributed by atoms with E-state index in [-0.39, 0.29) is 11.5 Å². The van der Waals surface area contributed by atoms with E-state index >= 15 is 0 Å². The first kappa shape index (κ1) is 13.2. The van der Waals surface area contributed by atoms with Crippen LogP contribution in [0, 0.1) is 0 Å². The summed E-state index contributed by atoms with van der Waals surface area (Å²) in [6.45, 7) is 1.86. The molecule has 0 saturated carbocycles. The molecule has 1 rings (SSSR count). The van der Waals surface area contributed by atoms with E-state index in [2.05, 4.69) is 8.92 Å². The molecule has 0 aliphatic carbocycles. The van der Waals surface area contributed by atoms with Gasteiger partial charge in [-0.2, -0.15) is 8.42 Å². The highest BCUT2D eigenvalue weighted by Gasteiger charge is 2.12. The molecule has 0 unspecified atom stereocenters. The molecule has 17 heavy (non-hydrogen) atoms. The van der Waals surface area contributed by atoms with Gasteiger partial charge in [-0.05, 0) is 19.1 Å². The molecule has 5 nitrogen and oxygen atoms in total. The standard InChI is InChI=1S/C11H12O5S/c1-2-15-11(12)8-9-16-17(13,14)10-6-4-3-5-7-10/h3-9H,2H2,1H3. The van der Waals surface area contributed by atoms with Gasteiger partial charge in [0.25, 0.3) is 0 Å². The summed E-state index contributed by atoms with van der Waals surface area (Å²) in [5.74, 6) is -0.657. The lowest BCUT2D eigenvalue weighted by Crippen LogP contribution is -2.03. The van der Waals surface area contributed by atoms with Crippen LogP contribution in [0.25, 0.3) is 0 Å². The molecule has 0 fully saturated rings. The van der Waals surface area contributed by atoms with Crippen molar-refractivity contribution in [1.29, 1.82) is 0 Å². The summed E-state index contributed by atoms with van der Waals surface area (Å²) in [6.07, 6.45) is 1.70. The summed E-state index contributed by atoms with van der Waals surface area (Å²) < 4.78 is 32.2. The van der Waals surface area contributed by atoms with Crippen LogP contribution < -0.4 is 0 Å². The topological polar surface area (TPSA) is 69.7 Å². The van der Waals surface area contributed by atoms with Crippen molar-refractivity contribution in [3.8, 4) is 0 Å². The van der Waals surface area contributed by atoms with E-state index in [0.29, 0.717) is 0 Å². The average molecular weight is 256 g/mol. The van der Waals surface area contributed by atoms with Gasteiger partial charge in [0.05, 0.1) is 12.7 Å². The van der Waals surface area contributed by atoms with Crippen LogP contribution in [0.1, 0.15) is 6.92 Å². The summed E-state index contributed by atoms with van der Waals surface area (Å²) in [5.41, 5.74) is 0. The second-order valence-corrected chi connectivity index (χ2v) is 4.49. The molecule has 0 aliphatic rings. The fourth-order valence-electron chi connectivity index (χ4n) is 0.990. The van der Waals surface area contributed by atoms with Gasteiger partial charge in [-0.1, -0.05) is 18.2 Å². The minimum absolute atomic E-state index is 0.0218. The highest BCUT2D eigenvalue weighted by Crippen LogP contribution is 2.11. The van der Waals surface area contributed by atoms with Crippen molar-refractivity contribution in [2.24, 2.45) is 0 Å². The van der Waals surface area contributed by atoms with Crippen LogP contribution in [-0.2, 0) is 23.8 Å². The highest BCUT2D eigenvalue weighted by molar-refractivity contribution is 7.86. The lowest BCUT2D eigenvalue weighted by atomic mass is 10.4. The van der Waals surface area contributed by atoms with Gasteiger partial charge in [0.2, 0.25) is 0 Å². The number of benzene rings is 1. The quantitative estimate of drug-likeness (QED) is 0.345. The van der Waals surface area contributed by atoms with E-state index in [1.54, 1.807) is 25.1 Å². The molecule has 0 aromatic heterocycles. The van der Waals surface area contributed by atoms with Crippen LogP contribution in [0.15, 0.2) is 47.6 Å². The van der Waals surface area contributed by atoms with E-state index < -0.39 is 16.1 Å². The van der Waals surface area contributed by atoms with Crippen LogP contribution in [0.4, 0.5) is 0 Å². The van der Waals surface area contributed by atoms with Gasteiger partial charge < -0.3 is 8.92 Å². The van der Waals surface area contributed by atoms with E-state index in [9.17, 15) is 13.2 Å². The first-order valence-corrected chi connectivity index (χ1v) is 6.28. The Morgan fingerprint density at radius 3 is 2.53 bits per heavy atom. The van der Waals surface area contributed by atoms with Crippen molar-refractivity contribution in [1.82, 2.24) is 0 Å². The predicted molar refractivity (Wildman–Crippen MR) is 60.5 cm³/mol. The Kier molecular flexibility index (Phi) is 4.71. The van der Waals surface area contributed by atoms with E-state index in [0.717, 1.165) is 12.3 Å². The van der Waals surface area contributed by atoms with Gasteiger partial charge in [0, 0.05) is 0 Å². The molecular weight excluding hydrogens is 244 g/mol. The molecule has 92 valence electrons. The van der Waals surface area contributed by atoms with Crippen molar-refractivity contribution in [3.63, 3.8) is 0 Å². The minimum Gasteiger partial charge on any atom is -0.463 e. The summed E-state index contributed by atoms with van der Waals surface area (Å²) in [7, 11) is -3.87. The predicted octanol–water partition coefficient (Wildman–Crippen LogP) is 1.47. The maximum atomic E-state index is 11.5. The second kappa shape index (κ2) is 6.05. The van der Waals surface area contributed by atoms with Crippen LogP contribution >= 0.6 is 0 Å². The molecule has 1 aromatic rings. The smallest absolute Gasteiger partial charge is 0.338 e. The molecule has 0 amide bonds. The van der Waals surface area contributed by atoms with Crippen LogP contribution in [0.2, 0.25) is 0 Å². The van der Waals surface area contributed by atoms with Gasteiger partial charge in [-0.25, -0.2) is 4.79 Å². The Balaban J connectivity index is 2.66. The lowest BCUT2D eigenvalue weighted by molar-refractivity contribution is -0.137. The molecule has 0 saturated heterocycles. The van der Waals surface area contributed by atoms with Crippen molar-refractivity contribution in [2.45, 2.75) is 11.8 Å². The third-order valence-electron chi connectivity index (χ3n) is 1.70. The second-order valence-electron chi connectivity index (χ2n) is 2.92. The lowest BCUT2D eigenvalue weighted by Gasteiger charge is -2.01. The molecule has 6 heteroatoms. The molecule has 0 atom stereocenters. The summed E-state index contributed by atoms with van der Waals surface area (Å²) in [6, 6.07) is 7.63. The normalized spacial score (nSPS) is 11.4. The van der Waals surface area contributed by atoms with Crippen LogP contribution in [0.3, 0.4) is 0 Å². The first-order chi connectivity index (χ1) is 8.06. The monoisotopic (exact) mass is 256 g/mol. The van der Waals surface area contributed by atoms with Gasteiger partial charge in [-0.3, -0.25) is 0 Å². The molecular formula is C11H12O5S. The Labute approximate surface area is 99.8 Å². The molecule has 0 radical (unpaired) electrons. The Bertz CT molecular complexity index is 490. The van der Waals surface area contributed by atoms with E-state index in [4.69, 9.17) is 0 Å². The molecule has 0 aliphatic heterocycles. The van der Waals surface area contributed by atoms with Crippen molar-refractivity contribution in [3.05, 3.63) is 42.7 Å². The fourth-order valence-corrected chi connectivity index (χ4v) is 1.79. The minimum atomic E-state index is -3.87. The van der Waals surface area contributed by atoms with Crippen molar-refractivity contribution >= 4 is 16.1 Å². The summed E-state index contributed by atoms with van der Waals surface area (Å²) in [5, 5.41) is 0. The number of rotatable bonds is 5. The zero-order valence-corrected chi connectivity index (χ0v) is 10.0. The SMILES string of the molecule is CCOC(=O)C=COS(=O)(=O)c1ccccc1. The van der Waals surface area contributed by atoms with Gasteiger partial charge in [-0.15, -0.1) is 0 Å². The average Bonchev–Trinajstić information content (AvgIpc) is 2.30. The van der Waals surface area contributed by atoms with Gasteiger partial charge in [0.15, 0.2) is 0 Å². The van der Waals surface area contributed by atoms with Crippen LogP contribution in [0.5, 0.6) is 0 Å². The fraction of sp³-hybridized carbons (Fsp3) is 0.182. The number of carbonyl (C=O) groups excluding carboxylic acids is 1. The summed E-state index contributed by atoms with van der Waals surface area (Å²) in [4.78, 5) is 10.9. The highest BCUT2D eigenvalue weighted by atomic mass is 32.2. The zero-order chi connectivity index (χ0) is 12.7. The molecule has 1 aromatic carbocycles. The largest absolute Gasteiger partial charge is 0.463 e. The third kappa shape index (κ3) is 4.28. The van der Waals surface area contributed by atoms with E-state index in [1.165, 1.54) is 12.1 Å². The number of esters is 1. The molecule has 0 bridgehead atoms. The number of hydrogen-bond donors (Lipinski definition) is 0. The summed E-state index contributed by atoms with van der Waals surface area (Å²) >= 11 is 0. The number of hydrogen-bond acceptors (Lipinski definition) is 5. The molecule has 0 heterocycles. The molecule has 0 N–H and O–H groups in total. The number of carbonyl (C=O) groups is 1. The van der Waals surface area contributed by atoms with Gasteiger partial charge in [0.1, 0.15) is 11.2 Å². The van der Waals surface area contributed by atoms with Crippen molar-refractivity contribution < 1.29 is 22.1 Å². The maximum Gasteiger partial charge on any atom is 0.338 e. The first-order valence-electron chi connectivity index (χ1n) is 4.88. The number of ether oxygens (including phenoxy) is 1. The molecule has 0 spiro atoms. The maximum absolute atomic E-state index is 11.5. The van der Waals surface area contributed by atoms with Crippen LogP contribution in [-0.4, -0.2) is 21.0 Å². The Morgan fingerprint density at radius 2 is 1.94 bits per heavy atom. The van der Waals surface area contributed by atoms with E-state index in [1.807, 2.05) is 0 Å². The third-order valence-corrected chi connectivity index (χ3v) is 2.92. The Hall–Kier alpha value is -1.82. The van der Waals surface area contributed by atoms with Crippen molar-refractivity contribution in [2.75, 3.05) is 6.61 Å².